The number of rotatable bonds is 5. The number of benzene rings is 1. The molecule has 0 bridgehead atoms. The zero-order chi connectivity index (χ0) is 18.6. The van der Waals surface area contributed by atoms with E-state index in [1.54, 1.807) is 12.4 Å². The van der Waals surface area contributed by atoms with Gasteiger partial charge < -0.3 is 14.5 Å². The first-order valence-corrected chi connectivity index (χ1v) is 8.76. The number of hydrogen-bond acceptors (Lipinski definition) is 6. The maximum absolute atomic E-state index is 12.5. The third-order valence-corrected chi connectivity index (χ3v) is 4.60. The summed E-state index contributed by atoms with van der Waals surface area (Å²) in [6.07, 6.45) is 2.38. The molecule has 0 N–H and O–H groups in total. The number of fused-ring (bicyclic) bond motifs is 1. The molecular formula is C19H19F2N5O. The summed E-state index contributed by atoms with van der Waals surface area (Å²) in [5, 5.41) is 0.646. The second kappa shape index (κ2) is 7.69. The molecule has 1 saturated heterocycles. The van der Waals surface area contributed by atoms with Gasteiger partial charge in [-0.2, -0.15) is 0 Å². The van der Waals surface area contributed by atoms with E-state index in [-0.39, 0.29) is 5.88 Å². The van der Waals surface area contributed by atoms with Gasteiger partial charge in [-0.3, -0.25) is 4.98 Å². The van der Waals surface area contributed by atoms with Crippen LogP contribution in [0.3, 0.4) is 0 Å². The Bertz CT molecular complexity index is 901. The molecule has 0 unspecified atom stereocenters. The van der Waals surface area contributed by atoms with Crippen molar-refractivity contribution in [1.82, 2.24) is 15.0 Å². The van der Waals surface area contributed by atoms with Crippen LogP contribution in [0.1, 0.15) is 0 Å². The molecule has 1 aromatic carbocycles. The third-order valence-electron chi connectivity index (χ3n) is 4.60. The summed E-state index contributed by atoms with van der Waals surface area (Å²) in [7, 11) is 0. The molecule has 140 valence electrons. The number of halogens is 2. The Balaban J connectivity index is 1.51. The summed E-state index contributed by atoms with van der Waals surface area (Å²) in [6, 6.07) is 9.80. The molecule has 1 aliphatic heterocycles. The number of alkyl halides is 2. The second-order valence-electron chi connectivity index (χ2n) is 6.26. The molecule has 2 aromatic heterocycles. The van der Waals surface area contributed by atoms with E-state index in [9.17, 15) is 8.78 Å². The van der Waals surface area contributed by atoms with Gasteiger partial charge in [0.15, 0.2) is 6.61 Å². The standard InChI is InChI=1S/C19H19F2N5O/c20-18(21)12-27-19-16-11-15(1-2-17(16)23-13-24-19)26-9-7-25(8-10-26)14-3-5-22-6-4-14/h1-6,11,13,18H,7-10,12H2. The molecular weight excluding hydrogens is 352 g/mol. The van der Waals surface area contributed by atoms with Crippen LogP contribution in [0.25, 0.3) is 10.9 Å². The van der Waals surface area contributed by atoms with Crippen molar-refractivity contribution in [2.45, 2.75) is 6.43 Å². The van der Waals surface area contributed by atoms with Gasteiger partial charge in [0.25, 0.3) is 6.43 Å². The SMILES string of the molecule is FC(F)COc1ncnc2ccc(N3CCN(c4ccncc4)CC3)cc12. The molecule has 3 aromatic rings. The lowest BCUT2D eigenvalue weighted by Crippen LogP contribution is -2.46. The van der Waals surface area contributed by atoms with Crippen molar-refractivity contribution in [2.75, 3.05) is 42.6 Å². The van der Waals surface area contributed by atoms with Crippen molar-refractivity contribution in [1.29, 1.82) is 0 Å². The van der Waals surface area contributed by atoms with Crippen molar-refractivity contribution >= 4 is 22.3 Å². The van der Waals surface area contributed by atoms with E-state index >= 15 is 0 Å². The Morgan fingerprint density at radius 2 is 1.63 bits per heavy atom. The molecule has 8 heteroatoms. The Morgan fingerprint density at radius 1 is 0.926 bits per heavy atom. The zero-order valence-corrected chi connectivity index (χ0v) is 14.6. The Labute approximate surface area is 155 Å². The average molecular weight is 371 g/mol. The maximum Gasteiger partial charge on any atom is 0.272 e. The van der Waals surface area contributed by atoms with Crippen molar-refractivity contribution in [3.8, 4) is 5.88 Å². The monoisotopic (exact) mass is 371 g/mol. The summed E-state index contributed by atoms with van der Waals surface area (Å²) in [6.45, 7) is 2.81. The molecule has 4 rings (SSSR count). The minimum Gasteiger partial charge on any atom is -0.471 e. The molecule has 0 amide bonds. The lowest BCUT2D eigenvalue weighted by molar-refractivity contribution is 0.0804. The zero-order valence-electron chi connectivity index (χ0n) is 14.6. The third kappa shape index (κ3) is 3.89. The van der Waals surface area contributed by atoms with Crippen LogP contribution in [0.5, 0.6) is 5.88 Å². The molecule has 0 atom stereocenters. The summed E-state index contributed by atoms with van der Waals surface area (Å²) >= 11 is 0. The van der Waals surface area contributed by atoms with Crippen LogP contribution >= 0.6 is 0 Å². The number of aromatic nitrogens is 3. The van der Waals surface area contributed by atoms with Gasteiger partial charge in [-0.1, -0.05) is 0 Å². The number of hydrogen-bond donors (Lipinski definition) is 0. The number of anilines is 2. The highest BCUT2D eigenvalue weighted by molar-refractivity contribution is 5.86. The van der Waals surface area contributed by atoms with Gasteiger partial charge in [0.2, 0.25) is 5.88 Å². The second-order valence-corrected chi connectivity index (χ2v) is 6.26. The van der Waals surface area contributed by atoms with E-state index in [2.05, 4.69) is 24.8 Å². The van der Waals surface area contributed by atoms with Gasteiger partial charge >= 0.3 is 0 Å². The van der Waals surface area contributed by atoms with E-state index in [1.807, 2.05) is 30.3 Å². The van der Waals surface area contributed by atoms with Crippen LogP contribution in [-0.2, 0) is 0 Å². The first-order chi connectivity index (χ1) is 13.2. The number of nitrogens with zero attached hydrogens (tertiary/aromatic N) is 5. The van der Waals surface area contributed by atoms with Crippen LogP contribution in [0.15, 0.2) is 49.1 Å². The minimum absolute atomic E-state index is 0.192. The van der Waals surface area contributed by atoms with Crippen molar-refractivity contribution in [3.63, 3.8) is 0 Å². The first-order valence-electron chi connectivity index (χ1n) is 8.76. The van der Waals surface area contributed by atoms with Gasteiger partial charge in [0, 0.05) is 49.9 Å². The van der Waals surface area contributed by atoms with Crippen molar-refractivity contribution in [3.05, 3.63) is 49.1 Å². The highest BCUT2D eigenvalue weighted by atomic mass is 19.3. The smallest absolute Gasteiger partial charge is 0.272 e. The number of piperazine rings is 1. The van der Waals surface area contributed by atoms with Crippen LogP contribution in [0, 0.1) is 0 Å². The highest BCUT2D eigenvalue weighted by Gasteiger charge is 2.18. The molecule has 27 heavy (non-hydrogen) atoms. The number of pyridine rings is 1. The lowest BCUT2D eigenvalue weighted by atomic mass is 10.1. The summed E-state index contributed by atoms with van der Waals surface area (Å²) in [4.78, 5) is 16.9. The lowest BCUT2D eigenvalue weighted by Gasteiger charge is -2.37. The van der Waals surface area contributed by atoms with Gasteiger partial charge in [-0.15, -0.1) is 0 Å². The fourth-order valence-electron chi connectivity index (χ4n) is 3.25. The van der Waals surface area contributed by atoms with Crippen LogP contribution < -0.4 is 14.5 Å². The molecule has 6 nitrogen and oxygen atoms in total. The van der Waals surface area contributed by atoms with Crippen LogP contribution in [0.2, 0.25) is 0 Å². The topological polar surface area (TPSA) is 54.4 Å². The highest BCUT2D eigenvalue weighted by Crippen LogP contribution is 2.28. The van der Waals surface area contributed by atoms with Gasteiger partial charge in [-0.25, -0.2) is 18.7 Å². The predicted molar refractivity (Wildman–Crippen MR) is 99.7 cm³/mol. The molecule has 1 aliphatic rings. The Kier molecular flexibility index (Phi) is 4.95. The minimum atomic E-state index is -2.54. The molecule has 1 fully saturated rings. The summed E-state index contributed by atoms with van der Waals surface area (Å²) in [5.41, 5.74) is 2.85. The van der Waals surface area contributed by atoms with E-state index < -0.39 is 13.0 Å². The largest absolute Gasteiger partial charge is 0.471 e. The van der Waals surface area contributed by atoms with E-state index in [0.29, 0.717) is 10.9 Å². The van der Waals surface area contributed by atoms with Crippen molar-refractivity contribution < 1.29 is 13.5 Å². The van der Waals surface area contributed by atoms with Crippen LogP contribution in [-0.4, -0.2) is 54.2 Å². The summed E-state index contributed by atoms with van der Waals surface area (Å²) in [5.74, 6) is 0.192. The molecule has 0 spiro atoms. The van der Waals surface area contributed by atoms with Gasteiger partial charge in [0.1, 0.15) is 6.33 Å². The first kappa shape index (κ1) is 17.4. The fourth-order valence-corrected chi connectivity index (χ4v) is 3.25. The van der Waals surface area contributed by atoms with E-state index in [4.69, 9.17) is 4.74 Å². The van der Waals surface area contributed by atoms with Gasteiger partial charge in [0.05, 0.1) is 10.9 Å². The molecule has 0 radical (unpaired) electrons. The maximum atomic E-state index is 12.5. The van der Waals surface area contributed by atoms with E-state index in [1.165, 1.54) is 12.0 Å². The normalized spacial score (nSPS) is 14.8. The number of ether oxygens (including phenoxy) is 1. The fraction of sp³-hybridized carbons (Fsp3) is 0.316. The average Bonchev–Trinajstić information content (AvgIpc) is 2.72. The predicted octanol–water partition coefficient (Wildman–Crippen LogP) is 3.00. The molecule has 0 saturated carbocycles. The van der Waals surface area contributed by atoms with Crippen molar-refractivity contribution in [2.24, 2.45) is 0 Å². The Hall–Kier alpha value is -3.03. The molecule has 3 heterocycles. The van der Waals surface area contributed by atoms with Gasteiger partial charge in [-0.05, 0) is 30.3 Å². The van der Waals surface area contributed by atoms with E-state index in [0.717, 1.165) is 31.9 Å². The quantitative estimate of drug-likeness (QED) is 0.687. The summed E-state index contributed by atoms with van der Waals surface area (Å²) < 4.78 is 30.1. The Morgan fingerprint density at radius 3 is 2.33 bits per heavy atom. The molecule has 0 aliphatic carbocycles. The van der Waals surface area contributed by atoms with Crippen LogP contribution in [0.4, 0.5) is 20.2 Å².